The number of nitrogens with two attached hydrogens (primary N) is 1. The molecule has 1 aromatic carbocycles. The SMILES string of the molecule is COc1cccc(OC)c1[C@@H](N)CC(F)(F)F.Cl. The summed E-state index contributed by atoms with van der Waals surface area (Å²) in [6, 6.07) is 3.52. The highest BCUT2D eigenvalue weighted by Gasteiger charge is 2.33. The van der Waals surface area contributed by atoms with E-state index in [-0.39, 0.29) is 18.0 Å². The molecule has 0 amide bonds. The molecule has 0 radical (unpaired) electrons. The Hall–Kier alpha value is -1.14. The number of alkyl halides is 3. The average molecular weight is 286 g/mol. The lowest BCUT2D eigenvalue weighted by Gasteiger charge is -2.19. The summed E-state index contributed by atoms with van der Waals surface area (Å²) in [6.45, 7) is 0. The second kappa shape index (κ2) is 6.70. The average Bonchev–Trinajstić information content (AvgIpc) is 2.25. The molecular formula is C11H15ClF3NO2. The summed E-state index contributed by atoms with van der Waals surface area (Å²) < 4.78 is 46.9. The van der Waals surface area contributed by atoms with Gasteiger partial charge in [-0.3, -0.25) is 0 Å². The molecule has 7 heteroatoms. The molecule has 0 saturated carbocycles. The Morgan fingerprint density at radius 2 is 1.61 bits per heavy atom. The zero-order chi connectivity index (χ0) is 13.1. The van der Waals surface area contributed by atoms with E-state index in [1.54, 1.807) is 18.2 Å². The van der Waals surface area contributed by atoms with Crippen LogP contribution >= 0.6 is 12.4 Å². The number of benzene rings is 1. The first kappa shape index (κ1) is 16.9. The van der Waals surface area contributed by atoms with Crippen LogP contribution in [0.3, 0.4) is 0 Å². The Labute approximate surface area is 109 Å². The normalized spacial score (nSPS) is 12.6. The van der Waals surface area contributed by atoms with Gasteiger partial charge in [0.05, 0.1) is 26.2 Å². The smallest absolute Gasteiger partial charge is 0.390 e. The van der Waals surface area contributed by atoms with Crippen molar-refractivity contribution in [2.45, 2.75) is 18.6 Å². The van der Waals surface area contributed by atoms with Crippen molar-refractivity contribution >= 4 is 12.4 Å². The van der Waals surface area contributed by atoms with Crippen LogP contribution in [0, 0.1) is 0 Å². The van der Waals surface area contributed by atoms with Crippen LogP contribution in [0.15, 0.2) is 18.2 Å². The second-order valence-electron chi connectivity index (χ2n) is 3.50. The van der Waals surface area contributed by atoms with Crippen LogP contribution in [0.25, 0.3) is 0 Å². The summed E-state index contributed by atoms with van der Waals surface area (Å²) in [7, 11) is 2.75. The molecule has 0 spiro atoms. The van der Waals surface area contributed by atoms with Gasteiger partial charge >= 0.3 is 6.18 Å². The van der Waals surface area contributed by atoms with Crippen LogP contribution in [0.5, 0.6) is 11.5 Å². The standard InChI is InChI=1S/C11H14F3NO2.ClH/c1-16-8-4-3-5-9(17-2)10(8)7(15)6-11(12,13)14;/h3-5,7H,6,15H2,1-2H3;1H/t7-;/m0./s1. The van der Waals surface area contributed by atoms with Crippen molar-refractivity contribution in [1.29, 1.82) is 0 Å². The highest BCUT2D eigenvalue weighted by Crippen LogP contribution is 2.37. The molecule has 104 valence electrons. The van der Waals surface area contributed by atoms with E-state index in [0.29, 0.717) is 11.5 Å². The Bertz CT molecular complexity index is 363. The number of hydrogen-bond donors (Lipinski definition) is 1. The molecule has 0 unspecified atom stereocenters. The van der Waals surface area contributed by atoms with Crippen LogP contribution in [0.4, 0.5) is 13.2 Å². The number of hydrogen-bond acceptors (Lipinski definition) is 3. The molecule has 1 rings (SSSR count). The van der Waals surface area contributed by atoms with Crippen LogP contribution in [0.2, 0.25) is 0 Å². The van der Waals surface area contributed by atoms with Crippen molar-refractivity contribution in [2.24, 2.45) is 5.73 Å². The zero-order valence-electron chi connectivity index (χ0n) is 9.95. The highest BCUT2D eigenvalue weighted by molar-refractivity contribution is 5.85. The van der Waals surface area contributed by atoms with Gasteiger partial charge in [-0.05, 0) is 12.1 Å². The lowest BCUT2D eigenvalue weighted by atomic mass is 10.0. The maximum atomic E-state index is 12.3. The van der Waals surface area contributed by atoms with Crippen molar-refractivity contribution in [3.63, 3.8) is 0 Å². The van der Waals surface area contributed by atoms with Gasteiger partial charge in [0, 0.05) is 6.04 Å². The van der Waals surface area contributed by atoms with Crippen molar-refractivity contribution < 1.29 is 22.6 Å². The van der Waals surface area contributed by atoms with Gasteiger partial charge in [-0.2, -0.15) is 13.2 Å². The predicted octanol–water partition coefficient (Wildman–Crippen LogP) is 3.08. The molecule has 3 nitrogen and oxygen atoms in total. The van der Waals surface area contributed by atoms with E-state index in [1.807, 2.05) is 0 Å². The summed E-state index contributed by atoms with van der Waals surface area (Å²) in [6.07, 6.45) is -5.45. The number of methoxy groups -OCH3 is 2. The van der Waals surface area contributed by atoms with E-state index in [1.165, 1.54) is 14.2 Å². The minimum atomic E-state index is -4.33. The fourth-order valence-electron chi connectivity index (χ4n) is 1.60. The molecule has 0 saturated heterocycles. The molecule has 0 aromatic heterocycles. The van der Waals surface area contributed by atoms with Crippen LogP contribution in [0.1, 0.15) is 18.0 Å². The first-order valence-electron chi connectivity index (χ1n) is 4.92. The van der Waals surface area contributed by atoms with Crippen LogP contribution < -0.4 is 15.2 Å². The van der Waals surface area contributed by atoms with Gasteiger partial charge in [-0.15, -0.1) is 12.4 Å². The molecule has 0 heterocycles. The molecule has 18 heavy (non-hydrogen) atoms. The largest absolute Gasteiger partial charge is 0.496 e. The summed E-state index contributed by atoms with van der Waals surface area (Å²) >= 11 is 0. The Morgan fingerprint density at radius 1 is 1.17 bits per heavy atom. The van der Waals surface area contributed by atoms with Gasteiger partial charge < -0.3 is 15.2 Å². The highest BCUT2D eigenvalue weighted by atomic mass is 35.5. The van der Waals surface area contributed by atoms with Gasteiger partial charge in [-0.25, -0.2) is 0 Å². The topological polar surface area (TPSA) is 44.5 Å². The van der Waals surface area contributed by atoms with E-state index < -0.39 is 18.6 Å². The number of ether oxygens (including phenoxy) is 2. The summed E-state index contributed by atoms with van der Waals surface area (Å²) in [5, 5.41) is 0. The Morgan fingerprint density at radius 3 is 1.94 bits per heavy atom. The van der Waals surface area contributed by atoms with Crippen LogP contribution in [-0.4, -0.2) is 20.4 Å². The summed E-state index contributed by atoms with van der Waals surface area (Å²) in [5.74, 6) is 0.585. The molecule has 0 aliphatic rings. The van der Waals surface area contributed by atoms with E-state index in [4.69, 9.17) is 15.2 Å². The fraction of sp³-hybridized carbons (Fsp3) is 0.455. The molecule has 2 N–H and O–H groups in total. The van der Waals surface area contributed by atoms with E-state index in [2.05, 4.69) is 0 Å². The molecule has 1 atom stereocenters. The third-order valence-electron chi connectivity index (χ3n) is 2.29. The number of halogens is 4. The third-order valence-corrected chi connectivity index (χ3v) is 2.29. The lowest BCUT2D eigenvalue weighted by Crippen LogP contribution is -2.21. The molecule has 1 aromatic rings. The lowest BCUT2D eigenvalue weighted by molar-refractivity contribution is -0.138. The quantitative estimate of drug-likeness (QED) is 0.924. The summed E-state index contributed by atoms with van der Waals surface area (Å²) in [4.78, 5) is 0. The monoisotopic (exact) mass is 285 g/mol. The Kier molecular flexibility index (Phi) is 6.28. The maximum absolute atomic E-state index is 12.3. The van der Waals surface area contributed by atoms with Gasteiger partial charge in [0.2, 0.25) is 0 Å². The van der Waals surface area contributed by atoms with Gasteiger partial charge in [0.1, 0.15) is 11.5 Å². The minimum absolute atomic E-state index is 0. The van der Waals surface area contributed by atoms with Crippen molar-refractivity contribution in [3.8, 4) is 11.5 Å². The van der Waals surface area contributed by atoms with Gasteiger partial charge in [0.25, 0.3) is 0 Å². The van der Waals surface area contributed by atoms with Crippen molar-refractivity contribution in [1.82, 2.24) is 0 Å². The van der Waals surface area contributed by atoms with Crippen LogP contribution in [-0.2, 0) is 0 Å². The fourth-order valence-corrected chi connectivity index (χ4v) is 1.60. The first-order chi connectivity index (χ1) is 7.89. The molecular weight excluding hydrogens is 271 g/mol. The third kappa shape index (κ3) is 4.27. The van der Waals surface area contributed by atoms with Gasteiger partial charge in [-0.1, -0.05) is 6.07 Å². The van der Waals surface area contributed by atoms with Crippen molar-refractivity contribution in [3.05, 3.63) is 23.8 Å². The number of rotatable bonds is 4. The Balaban J connectivity index is 0.00000289. The van der Waals surface area contributed by atoms with E-state index in [9.17, 15) is 13.2 Å². The van der Waals surface area contributed by atoms with E-state index in [0.717, 1.165) is 0 Å². The molecule has 0 fully saturated rings. The summed E-state index contributed by atoms with van der Waals surface area (Å²) in [5.41, 5.74) is 5.79. The first-order valence-corrected chi connectivity index (χ1v) is 4.92. The molecule has 0 bridgehead atoms. The second-order valence-corrected chi connectivity index (χ2v) is 3.50. The van der Waals surface area contributed by atoms with Gasteiger partial charge in [0.15, 0.2) is 0 Å². The van der Waals surface area contributed by atoms with E-state index >= 15 is 0 Å². The molecule has 0 aliphatic heterocycles. The maximum Gasteiger partial charge on any atom is 0.390 e. The van der Waals surface area contributed by atoms with Crippen molar-refractivity contribution in [2.75, 3.05) is 14.2 Å². The minimum Gasteiger partial charge on any atom is -0.496 e. The zero-order valence-corrected chi connectivity index (χ0v) is 10.8. The predicted molar refractivity (Wildman–Crippen MR) is 64.4 cm³/mol. The molecule has 0 aliphatic carbocycles.